The molecular formula is C18H18F6N6O3. The molecule has 1 fully saturated rings. The highest BCUT2D eigenvalue weighted by molar-refractivity contribution is 5.68. The Morgan fingerprint density at radius 1 is 1.03 bits per heavy atom. The van der Waals surface area contributed by atoms with Gasteiger partial charge < -0.3 is 14.5 Å². The molecule has 9 nitrogen and oxygen atoms in total. The number of nitrogens with one attached hydrogen (secondary N) is 1. The smallest absolute Gasteiger partial charge is 0.421 e. The van der Waals surface area contributed by atoms with Crippen LogP contribution in [0.15, 0.2) is 23.3 Å². The molecule has 15 heteroatoms. The van der Waals surface area contributed by atoms with Crippen LogP contribution in [0.25, 0.3) is 0 Å². The Morgan fingerprint density at radius 2 is 1.67 bits per heavy atom. The number of carbonyl (C=O) groups excluding carboxylic acids is 1. The van der Waals surface area contributed by atoms with E-state index in [4.69, 9.17) is 4.74 Å². The van der Waals surface area contributed by atoms with E-state index >= 15 is 0 Å². The summed E-state index contributed by atoms with van der Waals surface area (Å²) < 4.78 is 81.1. The van der Waals surface area contributed by atoms with E-state index in [1.54, 1.807) is 10.00 Å². The number of H-pyrrole nitrogens is 1. The molecule has 0 aromatic carbocycles. The molecule has 3 rings (SSSR count). The van der Waals surface area contributed by atoms with Crippen molar-refractivity contribution in [2.75, 3.05) is 37.7 Å². The van der Waals surface area contributed by atoms with Crippen molar-refractivity contribution < 1.29 is 35.9 Å². The molecule has 0 unspecified atom stereocenters. The number of alkyl halides is 6. The third-order valence-corrected chi connectivity index (χ3v) is 4.75. The number of nitrogens with zero attached hydrogens (tertiary/aromatic N) is 5. The van der Waals surface area contributed by atoms with E-state index < -0.39 is 35.1 Å². The third kappa shape index (κ3) is 6.32. The van der Waals surface area contributed by atoms with Crippen molar-refractivity contribution in [2.45, 2.75) is 25.2 Å². The number of piperazine rings is 1. The summed E-state index contributed by atoms with van der Waals surface area (Å²) in [7, 11) is 0. The van der Waals surface area contributed by atoms with Crippen LogP contribution in [-0.4, -0.2) is 63.9 Å². The Kier molecular flexibility index (Phi) is 7.07. The van der Waals surface area contributed by atoms with E-state index in [-0.39, 0.29) is 57.3 Å². The lowest BCUT2D eigenvalue weighted by molar-refractivity contribution is -0.139. The monoisotopic (exact) mass is 480 g/mol. The Balaban J connectivity index is 1.42. The minimum absolute atomic E-state index is 0.00290. The van der Waals surface area contributed by atoms with E-state index in [1.165, 1.54) is 4.90 Å². The molecule has 2 aromatic heterocycles. The Labute approximate surface area is 182 Å². The number of carbonyl (C=O) groups is 1. The van der Waals surface area contributed by atoms with E-state index in [2.05, 4.69) is 15.1 Å². The lowest BCUT2D eigenvalue weighted by atomic mass is 10.2. The molecule has 3 heterocycles. The van der Waals surface area contributed by atoms with Gasteiger partial charge in [0.2, 0.25) is 5.95 Å². The highest BCUT2D eigenvalue weighted by Gasteiger charge is 2.34. The summed E-state index contributed by atoms with van der Waals surface area (Å²) in [5, 5.41) is 5.34. The van der Waals surface area contributed by atoms with Gasteiger partial charge in [0.25, 0.3) is 5.56 Å². The van der Waals surface area contributed by atoms with Gasteiger partial charge in [-0.3, -0.25) is 4.79 Å². The predicted molar refractivity (Wildman–Crippen MR) is 100 cm³/mol. The number of halogens is 6. The minimum atomic E-state index is -4.80. The standard InChI is InChI=1S/C18H18F6N6O3/c19-17(20,21)11-9-25-15(26-10-11)29-3-5-30(6-4-29)16(32)33-7-1-2-12-8-13(18(22,23)24)14(31)28-27-12/h8-10H,1-7H2,(H,28,31). The molecular weight excluding hydrogens is 462 g/mol. The number of hydrogen-bond donors (Lipinski definition) is 1. The zero-order chi connectivity index (χ0) is 24.2. The maximum atomic E-state index is 12.8. The van der Waals surface area contributed by atoms with Gasteiger partial charge in [0.05, 0.1) is 17.9 Å². The molecule has 0 atom stereocenters. The fraction of sp³-hybridized carbons (Fsp3) is 0.500. The SMILES string of the molecule is O=C(OCCCc1cc(C(F)(F)F)c(=O)[nH]n1)N1CCN(c2ncc(C(F)(F)F)cn2)CC1. The number of hydrogen-bond acceptors (Lipinski definition) is 7. The first-order valence-corrected chi connectivity index (χ1v) is 9.67. The lowest BCUT2D eigenvalue weighted by Gasteiger charge is -2.34. The van der Waals surface area contributed by atoms with Crippen LogP contribution in [-0.2, 0) is 23.5 Å². The van der Waals surface area contributed by atoms with Crippen LogP contribution in [0.2, 0.25) is 0 Å². The second kappa shape index (κ2) is 9.62. The molecule has 1 aliphatic rings. The summed E-state index contributed by atoms with van der Waals surface area (Å²) in [4.78, 5) is 33.8. The third-order valence-electron chi connectivity index (χ3n) is 4.75. The van der Waals surface area contributed by atoms with Gasteiger partial charge in [-0.15, -0.1) is 0 Å². The van der Waals surface area contributed by atoms with Crippen molar-refractivity contribution in [2.24, 2.45) is 0 Å². The molecule has 0 saturated carbocycles. The molecule has 33 heavy (non-hydrogen) atoms. The quantitative estimate of drug-likeness (QED) is 0.518. The molecule has 0 aliphatic carbocycles. The molecule has 0 spiro atoms. The molecule has 1 amide bonds. The summed E-state index contributed by atoms with van der Waals surface area (Å²) in [5.74, 6) is 0.114. The molecule has 180 valence electrons. The molecule has 0 radical (unpaired) electrons. The Bertz CT molecular complexity index is 1020. The number of anilines is 1. The van der Waals surface area contributed by atoms with Crippen molar-refractivity contribution in [1.82, 2.24) is 25.1 Å². The van der Waals surface area contributed by atoms with Crippen LogP contribution in [0.1, 0.15) is 23.2 Å². The summed E-state index contributed by atoms with van der Waals surface area (Å²) in [6.07, 6.45) is -8.35. The second-order valence-electron chi connectivity index (χ2n) is 7.06. The normalized spacial score (nSPS) is 15.0. The number of amides is 1. The van der Waals surface area contributed by atoms with Gasteiger partial charge in [-0.1, -0.05) is 0 Å². The van der Waals surface area contributed by atoms with Crippen molar-refractivity contribution >= 4 is 12.0 Å². The molecule has 1 aliphatic heterocycles. The minimum Gasteiger partial charge on any atom is -0.449 e. The van der Waals surface area contributed by atoms with E-state index in [0.717, 1.165) is 0 Å². The summed E-state index contributed by atoms with van der Waals surface area (Å²) in [6.45, 7) is 0.923. The average molecular weight is 480 g/mol. The highest BCUT2D eigenvalue weighted by atomic mass is 19.4. The first-order chi connectivity index (χ1) is 15.4. The van der Waals surface area contributed by atoms with E-state index in [1.807, 2.05) is 0 Å². The number of ether oxygens (including phenoxy) is 1. The zero-order valence-corrected chi connectivity index (χ0v) is 16.9. The van der Waals surface area contributed by atoms with E-state index in [9.17, 15) is 35.9 Å². The average Bonchev–Trinajstić information content (AvgIpc) is 2.76. The van der Waals surface area contributed by atoms with Crippen molar-refractivity contribution in [3.05, 3.63) is 45.6 Å². The maximum Gasteiger partial charge on any atom is 0.421 e. The van der Waals surface area contributed by atoms with Gasteiger partial charge in [-0.25, -0.2) is 19.9 Å². The lowest BCUT2D eigenvalue weighted by Crippen LogP contribution is -2.49. The zero-order valence-electron chi connectivity index (χ0n) is 16.9. The first-order valence-electron chi connectivity index (χ1n) is 9.67. The Hall–Kier alpha value is -3.39. The highest BCUT2D eigenvalue weighted by Crippen LogP contribution is 2.28. The van der Waals surface area contributed by atoms with Gasteiger partial charge in [-0.05, 0) is 18.9 Å². The van der Waals surface area contributed by atoms with Crippen molar-refractivity contribution in [3.8, 4) is 0 Å². The number of rotatable bonds is 5. The van der Waals surface area contributed by atoms with E-state index in [0.29, 0.717) is 18.5 Å². The van der Waals surface area contributed by atoms with Gasteiger partial charge in [-0.2, -0.15) is 31.4 Å². The fourth-order valence-corrected chi connectivity index (χ4v) is 3.01. The van der Waals surface area contributed by atoms with Crippen LogP contribution in [0, 0.1) is 0 Å². The van der Waals surface area contributed by atoms with Crippen LogP contribution >= 0.6 is 0 Å². The van der Waals surface area contributed by atoms with Gasteiger partial charge in [0.15, 0.2) is 0 Å². The summed E-state index contributed by atoms with van der Waals surface area (Å²) in [6, 6.07) is 0.656. The number of aromatic nitrogens is 4. The van der Waals surface area contributed by atoms with Crippen LogP contribution in [0.5, 0.6) is 0 Å². The second-order valence-corrected chi connectivity index (χ2v) is 7.06. The first kappa shape index (κ1) is 24.3. The number of aryl methyl sites for hydroxylation is 1. The molecule has 1 saturated heterocycles. The largest absolute Gasteiger partial charge is 0.449 e. The molecule has 1 N–H and O–H groups in total. The van der Waals surface area contributed by atoms with Crippen molar-refractivity contribution in [1.29, 1.82) is 0 Å². The molecule has 2 aromatic rings. The van der Waals surface area contributed by atoms with Gasteiger partial charge in [0, 0.05) is 38.6 Å². The maximum absolute atomic E-state index is 12.8. The van der Waals surface area contributed by atoms with Crippen LogP contribution < -0.4 is 10.5 Å². The molecule has 0 bridgehead atoms. The van der Waals surface area contributed by atoms with Crippen LogP contribution in [0.3, 0.4) is 0 Å². The Morgan fingerprint density at radius 3 is 2.24 bits per heavy atom. The van der Waals surface area contributed by atoms with Gasteiger partial charge >= 0.3 is 18.4 Å². The summed E-state index contributed by atoms with van der Waals surface area (Å²) in [5.41, 5.74) is -3.64. The van der Waals surface area contributed by atoms with Crippen molar-refractivity contribution in [3.63, 3.8) is 0 Å². The fourth-order valence-electron chi connectivity index (χ4n) is 3.01. The van der Waals surface area contributed by atoms with Gasteiger partial charge in [0.1, 0.15) is 5.56 Å². The predicted octanol–water partition coefficient (Wildman–Crippen LogP) is 2.49. The number of aromatic amines is 1. The summed E-state index contributed by atoms with van der Waals surface area (Å²) >= 11 is 0. The topological polar surface area (TPSA) is 104 Å². The van der Waals surface area contributed by atoms with Crippen LogP contribution in [0.4, 0.5) is 37.1 Å².